The van der Waals surface area contributed by atoms with E-state index in [4.69, 9.17) is 0 Å². The number of benzene rings is 1. The number of H-pyrrole nitrogens is 1. The van der Waals surface area contributed by atoms with Crippen LogP contribution in [0.3, 0.4) is 0 Å². The molecule has 6 heteroatoms. The maximum absolute atomic E-state index is 11.3. The lowest BCUT2D eigenvalue weighted by molar-refractivity contribution is 0.112. The van der Waals surface area contributed by atoms with Crippen LogP contribution in [0.15, 0.2) is 36.5 Å². The van der Waals surface area contributed by atoms with Gasteiger partial charge in [-0.2, -0.15) is 0 Å². The van der Waals surface area contributed by atoms with Crippen LogP contribution < -0.4 is 10.2 Å². The molecule has 3 aromatic rings. The summed E-state index contributed by atoms with van der Waals surface area (Å²) >= 11 is 0. The quantitative estimate of drug-likeness (QED) is 0.694. The van der Waals surface area contributed by atoms with Gasteiger partial charge in [-0.05, 0) is 42.9 Å². The number of carbonyl (C=O) groups excluding carboxylic acids is 1. The van der Waals surface area contributed by atoms with Crippen molar-refractivity contribution in [3.05, 3.63) is 47.9 Å². The summed E-state index contributed by atoms with van der Waals surface area (Å²) in [6.07, 6.45) is 2.86. The van der Waals surface area contributed by atoms with Crippen LogP contribution in [-0.2, 0) is 0 Å². The van der Waals surface area contributed by atoms with Gasteiger partial charge in [0.25, 0.3) is 0 Å². The summed E-state index contributed by atoms with van der Waals surface area (Å²) in [4.78, 5) is 25.7. The molecule has 1 saturated carbocycles. The smallest absolute Gasteiger partial charge is 0.152 e. The molecule has 2 N–H and O–H groups in total. The van der Waals surface area contributed by atoms with Gasteiger partial charge < -0.3 is 15.2 Å². The molecule has 5 rings (SSSR count). The molecule has 3 heterocycles. The summed E-state index contributed by atoms with van der Waals surface area (Å²) in [6.45, 7) is 4.92. The molecule has 3 atom stereocenters. The van der Waals surface area contributed by atoms with Crippen molar-refractivity contribution in [1.82, 2.24) is 15.0 Å². The fourth-order valence-corrected chi connectivity index (χ4v) is 4.43. The molecule has 1 saturated heterocycles. The second-order valence-electron chi connectivity index (χ2n) is 7.31. The van der Waals surface area contributed by atoms with Gasteiger partial charge in [0.15, 0.2) is 6.29 Å². The molecule has 26 heavy (non-hydrogen) atoms. The molecule has 2 aliphatic rings. The van der Waals surface area contributed by atoms with Crippen molar-refractivity contribution in [1.29, 1.82) is 0 Å². The Labute approximate surface area is 151 Å². The lowest BCUT2D eigenvalue weighted by Crippen LogP contribution is -2.26. The topological polar surface area (TPSA) is 73.9 Å². The van der Waals surface area contributed by atoms with E-state index in [2.05, 4.69) is 25.2 Å². The van der Waals surface area contributed by atoms with Crippen molar-refractivity contribution < 1.29 is 4.79 Å². The van der Waals surface area contributed by atoms with Gasteiger partial charge in [-0.1, -0.05) is 12.1 Å². The van der Waals surface area contributed by atoms with E-state index < -0.39 is 0 Å². The molecule has 6 nitrogen and oxygen atoms in total. The average molecular weight is 347 g/mol. The molecular weight excluding hydrogens is 326 g/mol. The highest BCUT2D eigenvalue weighted by atomic mass is 16.1. The van der Waals surface area contributed by atoms with Crippen LogP contribution in [0, 0.1) is 24.7 Å². The Kier molecular flexibility index (Phi) is 3.45. The van der Waals surface area contributed by atoms with Crippen molar-refractivity contribution in [2.45, 2.75) is 6.92 Å². The van der Waals surface area contributed by atoms with Crippen LogP contribution in [0.1, 0.15) is 16.2 Å². The first-order valence-electron chi connectivity index (χ1n) is 9.09. The highest BCUT2D eigenvalue weighted by molar-refractivity contribution is 5.87. The van der Waals surface area contributed by atoms with Crippen LogP contribution in [0.2, 0.25) is 0 Å². The molecular formula is C20H21N5O. The summed E-state index contributed by atoms with van der Waals surface area (Å²) in [5.74, 6) is 3.77. The number of nitrogens with zero attached hydrogens (tertiary/aromatic N) is 3. The number of carbonyl (C=O) groups is 1. The molecule has 132 valence electrons. The third kappa shape index (κ3) is 2.44. The van der Waals surface area contributed by atoms with Crippen molar-refractivity contribution in [2.75, 3.05) is 29.9 Å². The Morgan fingerprint density at radius 3 is 2.85 bits per heavy atom. The summed E-state index contributed by atoms with van der Waals surface area (Å²) < 4.78 is 0. The molecule has 2 fully saturated rings. The number of aryl methyl sites for hydroxylation is 1. The van der Waals surface area contributed by atoms with Gasteiger partial charge in [0.05, 0.1) is 5.39 Å². The predicted octanol–water partition coefficient (Wildman–Crippen LogP) is 2.87. The molecule has 0 bridgehead atoms. The Bertz CT molecular complexity index is 969. The molecule has 1 aromatic carbocycles. The van der Waals surface area contributed by atoms with Gasteiger partial charge in [-0.15, -0.1) is 0 Å². The average Bonchev–Trinajstić information content (AvgIpc) is 3.03. The van der Waals surface area contributed by atoms with E-state index >= 15 is 0 Å². The zero-order chi connectivity index (χ0) is 17.7. The first-order chi connectivity index (χ1) is 12.7. The number of aromatic nitrogens is 3. The standard InChI is InChI=1S/C20H21N5O/c1-12-23-19-14(6-7-21-19)20(24-12)22-8-15-16-9-25(10-17(15)16)18-5-3-2-4-13(18)11-26/h2-7,11,15-17H,8-10H2,1H3,(H2,21,22,23,24)/t15-,16+,17-. The van der Waals surface area contributed by atoms with Crippen LogP contribution in [0.25, 0.3) is 11.0 Å². The Morgan fingerprint density at radius 1 is 1.23 bits per heavy atom. The summed E-state index contributed by atoms with van der Waals surface area (Å²) in [5, 5.41) is 4.58. The zero-order valence-corrected chi connectivity index (χ0v) is 14.6. The van der Waals surface area contributed by atoms with Gasteiger partial charge in [0, 0.05) is 37.1 Å². The monoisotopic (exact) mass is 347 g/mol. The fraction of sp³-hybridized carbons (Fsp3) is 0.350. The highest BCUT2D eigenvalue weighted by Crippen LogP contribution is 2.52. The number of rotatable bonds is 5. The van der Waals surface area contributed by atoms with Crippen molar-refractivity contribution in [3.8, 4) is 0 Å². The number of aromatic amines is 1. The summed E-state index contributed by atoms with van der Waals surface area (Å²) in [5.41, 5.74) is 2.74. The van der Waals surface area contributed by atoms with E-state index in [1.165, 1.54) is 0 Å². The van der Waals surface area contributed by atoms with Gasteiger partial charge >= 0.3 is 0 Å². The predicted molar refractivity (Wildman–Crippen MR) is 102 cm³/mol. The summed E-state index contributed by atoms with van der Waals surface area (Å²) in [7, 11) is 0. The van der Waals surface area contributed by atoms with Crippen LogP contribution in [0.5, 0.6) is 0 Å². The first-order valence-corrected chi connectivity index (χ1v) is 9.09. The zero-order valence-electron chi connectivity index (χ0n) is 14.6. The Hall–Kier alpha value is -2.89. The first kappa shape index (κ1) is 15.4. The lowest BCUT2D eigenvalue weighted by atomic mass is 10.1. The van der Waals surface area contributed by atoms with Gasteiger partial charge in [0.1, 0.15) is 17.3 Å². The van der Waals surface area contributed by atoms with Crippen molar-refractivity contribution in [3.63, 3.8) is 0 Å². The Morgan fingerprint density at radius 2 is 2.04 bits per heavy atom. The second-order valence-corrected chi connectivity index (χ2v) is 7.31. The van der Waals surface area contributed by atoms with E-state index in [0.717, 1.165) is 59.8 Å². The number of hydrogen-bond acceptors (Lipinski definition) is 5. The van der Waals surface area contributed by atoms with Crippen LogP contribution in [-0.4, -0.2) is 40.9 Å². The van der Waals surface area contributed by atoms with Crippen LogP contribution >= 0.6 is 0 Å². The number of hydrogen-bond donors (Lipinski definition) is 2. The third-order valence-electron chi connectivity index (χ3n) is 5.81. The number of fused-ring (bicyclic) bond motifs is 2. The lowest BCUT2D eigenvalue weighted by Gasteiger charge is -2.23. The van der Waals surface area contributed by atoms with Crippen LogP contribution in [0.4, 0.5) is 11.5 Å². The molecule has 1 aliphatic heterocycles. The van der Waals surface area contributed by atoms with Crippen molar-refractivity contribution >= 4 is 28.8 Å². The summed E-state index contributed by atoms with van der Waals surface area (Å²) in [6, 6.07) is 9.88. The highest BCUT2D eigenvalue weighted by Gasteiger charge is 2.55. The number of nitrogens with one attached hydrogen (secondary N) is 2. The SMILES string of the molecule is Cc1nc(NC[C@H]2[C@H]3CN(c4ccccc4C=O)C[C@@H]23)c2cc[nH]c2n1. The second kappa shape index (κ2) is 5.83. The number of aldehydes is 1. The Balaban J connectivity index is 1.24. The van der Waals surface area contributed by atoms with Gasteiger partial charge in [0.2, 0.25) is 0 Å². The minimum absolute atomic E-state index is 0.680. The maximum atomic E-state index is 11.3. The molecule has 2 aromatic heterocycles. The normalized spacial score (nSPS) is 23.9. The largest absolute Gasteiger partial charge is 0.370 e. The molecule has 1 aliphatic carbocycles. The van der Waals surface area contributed by atoms with E-state index in [0.29, 0.717) is 17.8 Å². The van der Waals surface area contributed by atoms with E-state index in [1.807, 2.05) is 43.5 Å². The molecule has 0 radical (unpaired) electrons. The molecule has 0 unspecified atom stereocenters. The number of para-hydroxylation sites is 1. The van der Waals surface area contributed by atoms with E-state index in [1.54, 1.807) is 0 Å². The van der Waals surface area contributed by atoms with E-state index in [9.17, 15) is 4.79 Å². The molecule has 0 spiro atoms. The van der Waals surface area contributed by atoms with Crippen molar-refractivity contribution in [2.24, 2.45) is 17.8 Å². The molecule has 0 amide bonds. The number of piperidine rings is 1. The maximum Gasteiger partial charge on any atom is 0.152 e. The van der Waals surface area contributed by atoms with Gasteiger partial charge in [-0.3, -0.25) is 4.79 Å². The third-order valence-corrected chi connectivity index (χ3v) is 5.81. The number of anilines is 2. The van der Waals surface area contributed by atoms with Gasteiger partial charge in [-0.25, -0.2) is 9.97 Å². The minimum atomic E-state index is 0.680. The minimum Gasteiger partial charge on any atom is -0.370 e. The van der Waals surface area contributed by atoms with E-state index in [-0.39, 0.29) is 0 Å². The fourth-order valence-electron chi connectivity index (χ4n) is 4.43.